The standard InChI is InChI=1S/C23H31F2N5O2/c1-11(2)29-19(7-18(26)12-3-20(32-23(24)25)22(27)28-8-12)21-16-5-13(6-17(16)21)30-9-15-4-14(30)10-31-15/h3,8,11,13-17,21,23,26H,4-7,9-10H2,1-2H3,(H2,27,28). The Balaban J connectivity index is 1.25. The van der Waals surface area contributed by atoms with E-state index in [0.717, 1.165) is 18.9 Å². The highest BCUT2D eigenvalue weighted by Gasteiger charge is 2.60. The Hall–Kier alpha value is -2.13. The van der Waals surface area contributed by atoms with E-state index in [9.17, 15) is 8.78 Å². The van der Waals surface area contributed by atoms with Gasteiger partial charge >= 0.3 is 6.61 Å². The van der Waals surface area contributed by atoms with Gasteiger partial charge in [-0.25, -0.2) is 4.98 Å². The van der Waals surface area contributed by atoms with Gasteiger partial charge in [0, 0.05) is 60.2 Å². The summed E-state index contributed by atoms with van der Waals surface area (Å²) < 4.78 is 35.5. The zero-order valence-corrected chi connectivity index (χ0v) is 18.5. The third kappa shape index (κ3) is 4.12. The van der Waals surface area contributed by atoms with Gasteiger partial charge in [-0.3, -0.25) is 9.89 Å². The lowest BCUT2D eigenvalue weighted by atomic mass is 9.96. The fourth-order valence-corrected chi connectivity index (χ4v) is 6.13. The summed E-state index contributed by atoms with van der Waals surface area (Å²) in [7, 11) is 0. The topological polar surface area (TPSA) is 96.8 Å². The van der Waals surface area contributed by atoms with E-state index < -0.39 is 6.61 Å². The van der Waals surface area contributed by atoms with Crippen LogP contribution in [0.5, 0.6) is 5.75 Å². The Bertz CT molecular complexity index is 912. The molecule has 2 aliphatic carbocycles. The molecular weight excluding hydrogens is 416 g/mol. The van der Waals surface area contributed by atoms with Crippen molar-refractivity contribution in [3.63, 3.8) is 0 Å². The Morgan fingerprint density at radius 3 is 2.66 bits per heavy atom. The van der Waals surface area contributed by atoms with Gasteiger partial charge in [0.05, 0.1) is 12.7 Å². The number of fused-ring (bicyclic) bond motifs is 3. The molecule has 3 N–H and O–H groups in total. The van der Waals surface area contributed by atoms with Crippen molar-refractivity contribution in [3.05, 3.63) is 17.8 Å². The summed E-state index contributed by atoms with van der Waals surface area (Å²) in [4.78, 5) is 11.5. The fraction of sp³-hybridized carbons (Fsp3) is 0.696. The molecule has 32 heavy (non-hydrogen) atoms. The number of nitrogens with one attached hydrogen (secondary N) is 1. The number of nitrogens with two attached hydrogens (primary N) is 1. The second-order valence-corrected chi connectivity index (χ2v) is 9.88. The molecule has 2 bridgehead atoms. The number of hydrogen-bond donors (Lipinski definition) is 2. The Labute approximate surface area is 186 Å². The molecule has 7 nitrogen and oxygen atoms in total. The van der Waals surface area contributed by atoms with Crippen LogP contribution in [-0.4, -0.2) is 65.3 Å². The Kier molecular flexibility index (Phi) is 5.65. The van der Waals surface area contributed by atoms with Gasteiger partial charge in [-0.2, -0.15) is 8.78 Å². The van der Waals surface area contributed by atoms with Crippen LogP contribution >= 0.6 is 0 Å². The minimum atomic E-state index is -2.99. The van der Waals surface area contributed by atoms with E-state index in [4.69, 9.17) is 20.9 Å². The predicted molar refractivity (Wildman–Crippen MR) is 118 cm³/mol. The lowest BCUT2D eigenvalue weighted by Gasteiger charge is -2.33. The van der Waals surface area contributed by atoms with Crippen LogP contribution in [0.3, 0.4) is 0 Å². The van der Waals surface area contributed by atoms with Crippen molar-refractivity contribution in [1.29, 1.82) is 5.41 Å². The molecule has 174 valence electrons. The molecule has 2 saturated heterocycles. The largest absolute Gasteiger partial charge is 0.431 e. The van der Waals surface area contributed by atoms with Crippen LogP contribution in [0.2, 0.25) is 0 Å². The molecular formula is C23H31F2N5O2. The summed E-state index contributed by atoms with van der Waals surface area (Å²) in [5, 5.41) is 8.59. The first kappa shape index (κ1) is 21.7. The maximum Gasteiger partial charge on any atom is 0.387 e. The van der Waals surface area contributed by atoms with Crippen molar-refractivity contribution in [3.8, 4) is 5.75 Å². The third-order valence-electron chi connectivity index (χ3n) is 7.44. The first-order valence-electron chi connectivity index (χ1n) is 11.5. The zero-order valence-electron chi connectivity index (χ0n) is 18.5. The number of likely N-dealkylation sites (tertiary alicyclic amines) is 1. The number of aromatic nitrogens is 1. The highest BCUT2D eigenvalue weighted by Crippen LogP contribution is 2.60. The molecule has 2 saturated carbocycles. The first-order chi connectivity index (χ1) is 15.3. The number of ether oxygens (including phenoxy) is 2. The maximum atomic E-state index is 12.6. The highest BCUT2D eigenvalue weighted by atomic mass is 19.3. The summed E-state index contributed by atoms with van der Waals surface area (Å²) in [5.41, 5.74) is 7.42. The Morgan fingerprint density at radius 2 is 2.06 bits per heavy atom. The monoisotopic (exact) mass is 447 g/mol. The summed E-state index contributed by atoms with van der Waals surface area (Å²) in [6.07, 6.45) is 5.83. The van der Waals surface area contributed by atoms with Gasteiger partial charge in [-0.05, 0) is 51.0 Å². The number of rotatable bonds is 8. The van der Waals surface area contributed by atoms with E-state index >= 15 is 0 Å². The van der Waals surface area contributed by atoms with Crippen LogP contribution in [0.25, 0.3) is 0 Å². The SMILES string of the molecule is CC(C)N=C(CC(=N)c1cnc(N)c(OC(F)F)c1)C1C2CC(N3CC4CC3CO4)CC21. The van der Waals surface area contributed by atoms with Crippen molar-refractivity contribution in [2.45, 2.75) is 70.4 Å². The van der Waals surface area contributed by atoms with E-state index in [1.54, 1.807) is 0 Å². The number of hydrogen-bond acceptors (Lipinski definition) is 7. The molecule has 9 heteroatoms. The van der Waals surface area contributed by atoms with Crippen molar-refractivity contribution >= 4 is 17.2 Å². The quantitative estimate of drug-likeness (QED) is 0.596. The normalized spacial score (nSPS) is 33.9. The molecule has 0 amide bonds. The molecule has 1 aromatic heterocycles. The first-order valence-corrected chi connectivity index (χ1v) is 11.5. The second kappa shape index (κ2) is 8.33. The number of morpholine rings is 1. The van der Waals surface area contributed by atoms with Gasteiger partial charge in [0.15, 0.2) is 11.6 Å². The van der Waals surface area contributed by atoms with E-state index in [0.29, 0.717) is 53.6 Å². The second-order valence-electron chi connectivity index (χ2n) is 9.88. The molecule has 0 radical (unpaired) electrons. The number of aliphatic imine (C=N–C) groups is 1. The van der Waals surface area contributed by atoms with Gasteiger partial charge in [0.25, 0.3) is 0 Å². The molecule has 4 fully saturated rings. The number of anilines is 1. The van der Waals surface area contributed by atoms with Crippen molar-refractivity contribution < 1.29 is 18.3 Å². The number of alkyl halides is 2. The molecule has 4 aliphatic rings. The van der Waals surface area contributed by atoms with E-state index in [1.807, 2.05) is 13.8 Å². The molecule has 0 spiro atoms. The molecule has 5 rings (SSSR count). The van der Waals surface area contributed by atoms with Crippen LogP contribution < -0.4 is 10.5 Å². The van der Waals surface area contributed by atoms with Gasteiger partial charge in [-0.1, -0.05) is 0 Å². The lowest BCUT2D eigenvalue weighted by Crippen LogP contribution is -2.44. The highest BCUT2D eigenvalue weighted by molar-refractivity contribution is 6.12. The number of pyridine rings is 1. The van der Waals surface area contributed by atoms with Gasteiger partial charge in [-0.15, -0.1) is 0 Å². The average molecular weight is 448 g/mol. The summed E-state index contributed by atoms with van der Waals surface area (Å²) >= 11 is 0. The van der Waals surface area contributed by atoms with E-state index in [-0.39, 0.29) is 17.6 Å². The lowest BCUT2D eigenvalue weighted by molar-refractivity contribution is -0.0495. The molecule has 2 aliphatic heterocycles. The number of halogens is 2. The zero-order chi connectivity index (χ0) is 22.6. The maximum absolute atomic E-state index is 12.6. The van der Waals surface area contributed by atoms with Crippen LogP contribution in [0.15, 0.2) is 17.3 Å². The molecule has 4 unspecified atom stereocenters. The van der Waals surface area contributed by atoms with Gasteiger partial charge in [0.2, 0.25) is 0 Å². The van der Waals surface area contributed by atoms with Crippen molar-refractivity contribution in [2.24, 2.45) is 22.7 Å². The molecule has 3 heterocycles. The summed E-state index contributed by atoms with van der Waals surface area (Å²) in [6.45, 7) is 3.06. The number of nitrogens with zero attached hydrogens (tertiary/aromatic N) is 3. The third-order valence-corrected chi connectivity index (χ3v) is 7.44. The Morgan fingerprint density at radius 1 is 1.31 bits per heavy atom. The smallest absolute Gasteiger partial charge is 0.387 e. The number of nitrogen functional groups attached to an aromatic ring is 1. The summed E-state index contributed by atoms with van der Waals surface area (Å²) in [6, 6.07) is 2.76. The minimum Gasteiger partial charge on any atom is -0.431 e. The predicted octanol–water partition coefficient (Wildman–Crippen LogP) is 3.37. The van der Waals surface area contributed by atoms with Crippen molar-refractivity contribution in [1.82, 2.24) is 9.88 Å². The van der Waals surface area contributed by atoms with Crippen LogP contribution in [0, 0.1) is 23.2 Å². The van der Waals surface area contributed by atoms with Crippen molar-refractivity contribution in [2.75, 3.05) is 18.9 Å². The molecule has 4 atom stereocenters. The minimum absolute atomic E-state index is 0.110. The average Bonchev–Trinajstić information content (AvgIpc) is 3.16. The van der Waals surface area contributed by atoms with E-state index in [1.165, 1.54) is 31.5 Å². The molecule has 1 aromatic rings. The molecule has 0 aromatic carbocycles. The van der Waals surface area contributed by atoms with Crippen LogP contribution in [-0.2, 0) is 4.74 Å². The van der Waals surface area contributed by atoms with Gasteiger partial charge in [0.1, 0.15) is 0 Å². The summed E-state index contributed by atoms with van der Waals surface area (Å²) in [5.74, 6) is 1.38. The van der Waals surface area contributed by atoms with E-state index in [2.05, 4.69) is 14.6 Å². The van der Waals surface area contributed by atoms with Gasteiger partial charge < -0.3 is 20.6 Å². The van der Waals surface area contributed by atoms with Crippen LogP contribution in [0.1, 0.15) is 45.1 Å². The fourth-order valence-electron chi connectivity index (χ4n) is 6.13. The van der Waals surface area contributed by atoms with Crippen LogP contribution in [0.4, 0.5) is 14.6 Å².